The topological polar surface area (TPSA) is 59.8 Å². The highest BCUT2D eigenvalue weighted by molar-refractivity contribution is 7.98. The molecule has 0 fully saturated rings. The van der Waals surface area contributed by atoms with Gasteiger partial charge in [-0.3, -0.25) is 10.2 Å². The molecule has 5 nitrogen and oxygen atoms in total. The molecule has 1 amide bonds. The molecule has 94 valence electrons. The largest absolute Gasteiger partial charge is 0.273 e. The van der Waals surface area contributed by atoms with E-state index < -0.39 is 11.7 Å². The Labute approximate surface area is 107 Å². The molecule has 1 N–H and O–H groups in total. The number of aromatic nitrogens is 3. The maximum atomic E-state index is 13.4. The molecule has 7 heteroatoms. The van der Waals surface area contributed by atoms with Gasteiger partial charge in [0.05, 0.1) is 5.56 Å². The Balaban J connectivity index is 2.27. The van der Waals surface area contributed by atoms with Crippen LogP contribution in [0.25, 0.3) is 0 Å². The lowest BCUT2D eigenvalue weighted by Gasteiger charge is -2.09. The highest BCUT2D eigenvalue weighted by atomic mass is 32.2. The molecule has 0 aliphatic heterocycles. The van der Waals surface area contributed by atoms with Crippen molar-refractivity contribution in [3.05, 3.63) is 41.5 Å². The Kier molecular flexibility index (Phi) is 3.61. The van der Waals surface area contributed by atoms with E-state index in [1.54, 1.807) is 13.0 Å². The van der Waals surface area contributed by atoms with Gasteiger partial charge in [-0.25, -0.2) is 9.07 Å². The molecule has 0 radical (unpaired) electrons. The summed E-state index contributed by atoms with van der Waals surface area (Å²) in [5.74, 6) is -0.568. The fourth-order valence-electron chi connectivity index (χ4n) is 1.41. The van der Waals surface area contributed by atoms with Gasteiger partial charge in [0, 0.05) is 0 Å². The average Bonchev–Trinajstić information content (AvgIpc) is 2.71. The van der Waals surface area contributed by atoms with E-state index in [-0.39, 0.29) is 5.56 Å². The minimum Gasteiger partial charge on any atom is -0.267 e. The fraction of sp³-hybridized carbons (Fsp3) is 0.182. The van der Waals surface area contributed by atoms with Crippen LogP contribution in [-0.2, 0) is 0 Å². The number of carbonyl (C=O) groups is 1. The van der Waals surface area contributed by atoms with Gasteiger partial charge in [0.2, 0.25) is 5.16 Å². The number of aryl methyl sites for hydroxylation is 1. The molecular weight excluding hydrogens is 255 g/mol. The summed E-state index contributed by atoms with van der Waals surface area (Å²) in [4.78, 5) is 11.9. The summed E-state index contributed by atoms with van der Waals surface area (Å²) in [6.07, 6.45) is 1.81. The second kappa shape index (κ2) is 5.18. The van der Waals surface area contributed by atoms with Crippen molar-refractivity contribution in [2.45, 2.75) is 12.1 Å². The van der Waals surface area contributed by atoms with E-state index in [1.807, 2.05) is 6.26 Å². The summed E-state index contributed by atoms with van der Waals surface area (Å²) in [5.41, 5.74) is 2.54. The maximum Gasteiger partial charge on any atom is 0.273 e. The molecule has 18 heavy (non-hydrogen) atoms. The number of rotatable bonds is 3. The zero-order chi connectivity index (χ0) is 13.1. The molecule has 0 saturated heterocycles. The van der Waals surface area contributed by atoms with Crippen LogP contribution in [0.1, 0.15) is 16.2 Å². The van der Waals surface area contributed by atoms with Gasteiger partial charge in [-0.1, -0.05) is 23.9 Å². The van der Waals surface area contributed by atoms with Crippen molar-refractivity contribution >= 4 is 17.7 Å². The molecule has 0 aliphatic carbocycles. The van der Waals surface area contributed by atoms with Crippen molar-refractivity contribution in [2.24, 2.45) is 0 Å². The first-order chi connectivity index (χ1) is 8.63. The Hall–Kier alpha value is -1.89. The van der Waals surface area contributed by atoms with E-state index in [0.29, 0.717) is 11.0 Å². The van der Waals surface area contributed by atoms with Crippen molar-refractivity contribution in [1.82, 2.24) is 14.9 Å². The van der Waals surface area contributed by atoms with Crippen LogP contribution in [0.5, 0.6) is 0 Å². The van der Waals surface area contributed by atoms with Crippen LogP contribution >= 0.6 is 11.8 Å². The summed E-state index contributed by atoms with van der Waals surface area (Å²) in [7, 11) is 0. The van der Waals surface area contributed by atoms with Crippen LogP contribution in [0.15, 0.2) is 29.4 Å². The third kappa shape index (κ3) is 2.35. The monoisotopic (exact) mass is 266 g/mol. The zero-order valence-electron chi connectivity index (χ0n) is 9.85. The first-order valence-electron chi connectivity index (χ1n) is 5.15. The second-order valence-corrected chi connectivity index (χ2v) is 4.26. The number of nitrogens with one attached hydrogen (secondary N) is 1. The van der Waals surface area contributed by atoms with Crippen LogP contribution in [0, 0.1) is 12.7 Å². The van der Waals surface area contributed by atoms with Gasteiger partial charge in [-0.05, 0) is 25.3 Å². The van der Waals surface area contributed by atoms with Gasteiger partial charge in [-0.15, -0.1) is 10.2 Å². The fourth-order valence-corrected chi connectivity index (χ4v) is 1.89. The highest BCUT2D eigenvalue weighted by Crippen LogP contribution is 2.12. The standard InChI is InChI=1S/C11H11FN4OS/c1-7-13-14-11(18-2)16(7)15-10(17)8-5-3-4-6-9(8)12/h3-6H,1-2H3,(H,15,17). The number of carbonyl (C=O) groups excluding carboxylic acids is 1. The molecule has 0 unspecified atom stereocenters. The molecule has 0 aliphatic rings. The van der Waals surface area contributed by atoms with E-state index in [4.69, 9.17) is 0 Å². The van der Waals surface area contributed by atoms with Gasteiger partial charge >= 0.3 is 0 Å². The van der Waals surface area contributed by atoms with E-state index in [2.05, 4.69) is 15.6 Å². The van der Waals surface area contributed by atoms with E-state index in [1.165, 1.54) is 34.6 Å². The van der Waals surface area contributed by atoms with E-state index >= 15 is 0 Å². The minimum atomic E-state index is -0.563. The quantitative estimate of drug-likeness (QED) is 0.861. The lowest BCUT2D eigenvalue weighted by molar-refractivity contribution is 0.100. The summed E-state index contributed by atoms with van der Waals surface area (Å²) in [6, 6.07) is 5.79. The number of benzene rings is 1. The molecule has 0 atom stereocenters. The third-order valence-corrected chi connectivity index (χ3v) is 2.94. The van der Waals surface area contributed by atoms with Crippen LogP contribution in [0.3, 0.4) is 0 Å². The Bertz CT molecular complexity index is 584. The van der Waals surface area contributed by atoms with Crippen molar-refractivity contribution in [3.8, 4) is 0 Å². The molecule has 1 aromatic heterocycles. The van der Waals surface area contributed by atoms with Gasteiger partial charge in [-0.2, -0.15) is 0 Å². The van der Waals surface area contributed by atoms with Gasteiger partial charge in [0.25, 0.3) is 5.91 Å². The molecule has 1 heterocycles. The van der Waals surface area contributed by atoms with E-state index in [0.717, 1.165) is 0 Å². The number of halogens is 1. The molecule has 1 aromatic carbocycles. The normalized spacial score (nSPS) is 10.4. The van der Waals surface area contributed by atoms with Crippen molar-refractivity contribution in [3.63, 3.8) is 0 Å². The molecule has 0 saturated carbocycles. The first-order valence-corrected chi connectivity index (χ1v) is 6.38. The predicted octanol–water partition coefficient (Wildman–Crippen LogP) is 1.83. The number of nitrogens with zero attached hydrogens (tertiary/aromatic N) is 3. The maximum absolute atomic E-state index is 13.4. The highest BCUT2D eigenvalue weighted by Gasteiger charge is 2.14. The summed E-state index contributed by atoms with van der Waals surface area (Å²) in [6.45, 7) is 1.70. The van der Waals surface area contributed by atoms with Crippen LogP contribution in [0.4, 0.5) is 4.39 Å². The molecule has 2 aromatic rings. The lowest BCUT2D eigenvalue weighted by atomic mass is 10.2. The van der Waals surface area contributed by atoms with Gasteiger partial charge in [0.15, 0.2) is 0 Å². The number of hydrogen-bond donors (Lipinski definition) is 1. The number of thioether (sulfide) groups is 1. The smallest absolute Gasteiger partial charge is 0.267 e. The molecule has 2 rings (SSSR count). The second-order valence-electron chi connectivity index (χ2n) is 3.49. The molecule has 0 bridgehead atoms. The Morgan fingerprint density at radius 3 is 2.78 bits per heavy atom. The molecule has 0 spiro atoms. The van der Waals surface area contributed by atoms with Crippen LogP contribution in [0.2, 0.25) is 0 Å². The number of hydrogen-bond acceptors (Lipinski definition) is 4. The summed E-state index contributed by atoms with van der Waals surface area (Å²) >= 11 is 1.34. The summed E-state index contributed by atoms with van der Waals surface area (Å²) < 4.78 is 14.9. The Morgan fingerprint density at radius 2 is 2.11 bits per heavy atom. The zero-order valence-corrected chi connectivity index (χ0v) is 10.7. The van der Waals surface area contributed by atoms with Crippen molar-refractivity contribution in [1.29, 1.82) is 0 Å². The van der Waals surface area contributed by atoms with Gasteiger partial charge in [0.1, 0.15) is 11.6 Å². The predicted molar refractivity (Wildman–Crippen MR) is 66.6 cm³/mol. The first kappa shape index (κ1) is 12.6. The van der Waals surface area contributed by atoms with Crippen molar-refractivity contribution in [2.75, 3.05) is 11.7 Å². The van der Waals surface area contributed by atoms with Crippen LogP contribution in [-0.4, -0.2) is 27.0 Å². The minimum absolute atomic E-state index is 0.0161. The van der Waals surface area contributed by atoms with Gasteiger partial charge < -0.3 is 0 Å². The SMILES string of the molecule is CSc1nnc(C)n1NC(=O)c1ccccc1F. The average molecular weight is 266 g/mol. The number of amides is 1. The third-order valence-electron chi connectivity index (χ3n) is 2.31. The Morgan fingerprint density at radius 1 is 1.39 bits per heavy atom. The van der Waals surface area contributed by atoms with E-state index in [9.17, 15) is 9.18 Å². The summed E-state index contributed by atoms with van der Waals surface area (Å²) in [5, 5.41) is 8.25. The van der Waals surface area contributed by atoms with Crippen molar-refractivity contribution < 1.29 is 9.18 Å². The molecular formula is C11H11FN4OS. The lowest BCUT2D eigenvalue weighted by Crippen LogP contribution is -2.25. The van der Waals surface area contributed by atoms with Crippen LogP contribution < -0.4 is 5.43 Å².